The average molecular weight is 315 g/mol. The van der Waals surface area contributed by atoms with Gasteiger partial charge in [0.2, 0.25) is 0 Å². The predicted octanol–water partition coefficient (Wildman–Crippen LogP) is 4.51. The smallest absolute Gasteiger partial charge is 0.370 e. The van der Waals surface area contributed by atoms with Crippen molar-refractivity contribution in [3.05, 3.63) is 39.6 Å². The van der Waals surface area contributed by atoms with Crippen LogP contribution in [-0.4, -0.2) is 11.5 Å². The molecule has 2 N–H and O–H groups in total. The molecule has 0 unspecified atom stereocenters. The molecule has 0 radical (unpaired) electrons. The molecular formula is C14H16F3N3S. The van der Waals surface area contributed by atoms with Crippen molar-refractivity contribution in [3.63, 3.8) is 0 Å². The molecule has 2 rings (SSSR count). The molecule has 2 aromatic heterocycles. The highest BCUT2D eigenvalue weighted by molar-refractivity contribution is 7.10. The number of hydrogen-bond donors (Lipinski definition) is 2. The number of pyridine rings is 1. The molecule has 0 aliphatic heterocycles. The first-order valence-electron chi connectivity index (χ1n) is 6.50. The molecule has 0 saturated heterocycles. The fraction of sp³-hybridized carbons (Fsp3) is 0.357. The van der Waals surface area contributed by atoms with E-state index in [1.54, 1.807) is 11.3 Å². The van der Waals surface area contributed by atoms with E-state index < -0.39 is 11.7 Å². The topological polar surface area (TPSA) is 37.0 Å². The summed E-state index contributed by atoms with van der Waals surface area (Å²) < 4.78 is 38.7. The van der Waals surface area contributed by atoms with Crippen LogP contribution in [0, 0.1) is 6.92 Å². The lowest BCUT2D eigenvalue weighted by atomic mass is 10.2. The summed E-state index contributed by atoms with van der Waals surface area (Å²) in [5, 5.41) is 7.73. The normalized spacial score (nSPS) is 11.5. The monoisotopic (exact) mass is 315 g/mol. The number of thiophene rings is 1. The van der Waals surface area contributed by atoms with Gasteiger partial charge in [-0.1, -0.05) is 0 Å². The summed E-state index contributed by atoms with van der Waals surface area (Å²) in [7, 11) is 0. The van der Waals surface area contributed by atoms with E-state index in [4.69, 9.17) is 0 Å². The van der Waals surface area contributed by atoms with Crippen LogP contribution in [0.25, 0.3) is 0 Å². The maximum absolute atomic E-state index is 12.9. The summed E-state index contributed by atoms with van der Waals surface area (Å²) in [6.45, 7) is 4.75. The second-order valence-corrected chi connectivity index (χ2v) is 5.54. The van der Waals surface area contributed by atoms with Gasteiger partial charge >= 0.3 is 6.18 Å². The van der Waals surface area contributed by atoms with Crippen molar-refractivity contribution in [2.45, 2.75) is 26.6 Å². The van der Waals surface area contributed by atoms with Crippen LogP contribution in [0.5, 0.6) is 0 Å². The number of nitrogens with one attached hydrogen (secondary N) is 2. The third-order valence-corrected chi connectivity index (χ3v) is 3.93. The zero-order valence-electron chi connectivity index (χ0n) is 11.7. The van der Waals surface area contributed by atoms with Crippen LogP contribution in [0.15, 0.2) is 23.6 Å². The SMILES string of the molecule is CCNc1cc(C(F)(F)F)cc(NCc2sccc2C)n1. The summed E-state index contributed by atoms with van der Waals surface area (Å²) in [5.74, 6) is 0.436. The highest BCUT2D eigenvalue weighted by atomic mass is 32.1. The van der Waals surface area contributed by atoms with Crippen molar-refractivity contribution >= 4 is 23.0 Å². The van der Waals surface area contributed by atoms with E-state index in [1.165, 1.54) is 0 Å². The molecule has 0 aliphatic rings. The lowest BCUT2D eigenvalue weighted by Crippen LogP contribution is -2.10. The van der Waals surface area contributed by atoms with Gasteiger partial charge in [0.25, 0.3) is 0 Å². The molecule has 2 heterocycles. The van der Waals surface area contributed by atoms with E-state index in [-0.39, 0.29) is 11.6 Å². The number of anilines is 2. The minimum absolute atomic E-state index is 0.216. The van der Waals surface area contributed by atoms with Crippen LogP contribution in [0.3, 0.4) is 0 Å². The molecule has 2 aromatic rings. The molecule has 3 nitrogen and oxygen atoms in total. The molecule has 0 aromatic carbocycles. The van der Waals surface area contributed by atoms with Gasteiger partial charge in [-0.25, -0.2) is 4.98 Å². The Balaban J connectivity index is 2.21. The molecule has 7 heteroatoms. The van der Waals surface area contributed by atoms with Crippen molar-refractivity contribution in [2.75, 3.05) is 17.2 Å². The molecule has 21 heavy (non-hydrogen) atoms. The summed E-state index contributed by atoms with van der Waals surface area (Å²) in [6, 6.07) is 4.03. The zero-order chi connectivity index (χ0) is 15.5. The maximum atomic E-state index is 12.9. The first kappa shape index (κ1) is 15.6. The average Bonchev–Trinajstić information content (AvgIpc) is 2.81. The van der Waals surface area contributed by atoms with Gasteiger partial charge in [0.1, 0.15) is 11.6 Å². The van der Waals surface area contributed by atoms with Gasteiger partial charge in [-0.15, -0.1) is 11.3 Å². The molecule has 0 bridgehead atoms. The van der Waals surface area contributed by atoms with E-state index in [1.807, 2.05) is 25.3 Å². The molecular weight excluding hydrogens is 299 g/mol. The molecule has 0 atom stereocenters. The van der Waals surface area contributed by atoms with Gasteiger partial charge in [-0.05, 0) is 43.0 Å². The minimum Gasteiger partial charge on any atom is -0.370 e. The Morgan fingerprint density at radius 2 is 1.86 bits per heavy atom. The van der Waals surface area contributed by atoms with Crippen LogP contribution in [0.4, 0.5) is 24.8 Å². The highest BCUT2D eigenvalue weighted by Crippen LogP contribution is 2.32. The van der Waals surface area contributed by atoms with E-state index in [0.29, 0.717) is 13.1 Å². The van der Waals surface area contributed by atoms with Crippen LogP contribution in [0.2, 0.25) is 0 Å². The van der Waals surface area contributed by atoms with Gasteiger partial charge in [-0.3, -0.25) is 0 Å². The van der Waals surface area contributed by atoms with E-state index >= 15 is 0 Å². The molecule has 0 fully saturated rings. The summed E-state index contributed by atoms with van der Waals surface area (Å²) in [5.41, 5.74) is 0.408. The van der Waals surface area contributed by atoms with Crippen LogP contribution in [-0.2, 0) is 12.7 Å². The Morgan fingerprint density at radius 1 is 1.19 bits per heavy atom. The predicted molar refractivity (Wildman–Crippen MR) is 79.8 cm³/mol. The Bertz CT molecular complexity index is 608. The number of aryl methyl sites for hydroxylation is 1. The number of nitrogens with zero attached hydrogens (tertiary/aromatic N) is 1. The van der Waals surface area contributed by atoms with Gasteiger partial charge in [0.15, 0.2) is 0 Å². The van der Waals surface area contributed by atoms with Crippen molar-refractivity contribution < 1.29 is 13.2 Å². The van der Waals surface area contributed by atoms with E-state index in [0.717, 1.165) is 22.6 Å². The van der Waals surface area contributed by atoms with E-state index in [2.05, 4.69) is 15.6 Å². The first-order chi connectivity index (χ1) is 9.90. The fourth-order valence-corrected chi connectivity index (χ4v) is 2.66. The summed E-state index contributed by atoms with van der Waals surface area (Å²) in [6.07, 6.45) is -4.39. The largest absolute Gasteiger partial charge is 0.416 e. The Kier molecular flexibility index (Phi) is 4.72. The Hall–Kier alpha value is -1.76. The molecule has 0 amide bonds. The molecule has 114 valence electrons. The Morgan fingerprint density at radius 3 is 2.38 bits per heavy atom. The third kappa shape index (κ3) is 4.10. The molecule has 0 saturated carbocycles. The lowest BCUT2D eigenvalue weighted by molar-refractivity contribution is -0.137. The Labute approximate surface area is 125 Å². The van der Waals surface area contributed by atoms with Crippen molar-refractivity contribution in [3.8, 4) is 0 Å². The summed E-state index contributed by atoms with van der Waals surface area (Å²) >= 11 is 1.56. The lowest BCUT2D eigenvalue weighted by Gasteiger charge is -2.13. The zero-order valence-corrected chi connectivity index (χ0v) is 12.5. The van der Waals surface area contributed by atoms with Gasteiger partial charge < -0.3 is 10.6 Å². The minimum atomic E-state index is -4.39. The number of alkyl halides is 3. The van der Waals surface area contributed by atoms with Crippen LogP contribution >= 0.6 is 11.3 Å². The quantitative estimate of drug-likeness (QED) is 0.852. The molecule has 0 spiro atoms. The maximum Gasteiger partial charge on any atom is 0.416 e. The number of aromatic nitrogens is 1. The first-order valence-corrected chi connectivity index (χ1v) is 7.38. The fourth-order valence-electron chi connectivity index (χ4n) is 1.81. The summed E-state index contributed by atoms with van der Waals surface area (Å²) in [4.78, 5) is 5.23. The second kappa shape index (κ2) is 6.34. The number of hydrogen-bond acceptors (Lipinski definition) is 4. The standard InChI is InChI=1S/C14H16F3N3S/c1-3-18-12-6-10(14(15,16)17)7-13(20-12)19-8-11-9(2)4-5-21-11/h4-7H,3,8H2,1-2H3,(H2,18,19,20). The van der Waals surface area contributed by atoms with Gasteiger partial charge in [-0.2, -0.15) is 13.2 Å². The van der Waals surface area contributed by atoms with Crippen molar-refractivity contribution in [2.24, 2.45) is 0 Å². The van der Waals surface area contributed by atoms with Crippen molar-refractivity contribution in [1.82, 2.24) is 4.98 Å². The highest BCUT2D eigenvalue weighted by Gasteiger charge is 2.31. The van der Waals surface area contributed by atoms with Gasteiger partial charge in [0.05, 0.1) is 12.1 Å². The van der Waals surface area contributed by atoms with E-state index in [9.17, 15) is 13.2 Å². The van der Waals surface area contributed by atoms with Crippen LogP contribution in [0.1, 0.15) is 22.9 Å². The van der Waals surface area contributed by atoms with Crippen molar-refractivity contribution in [1.29, 1.82) is 0 Å². The molecule has 0 aliphatic carbocycles. The number of rotatable bonds is 5. The second-order valence-electron chi connectivity index (χ2n) is 4.53. The van der Waals surface area contributed by atoms with Crippen LogP contribution < -0.4 is 10.6 Å². The third-order valence-electron chi connectivity index (χ3n) is 2.91. The van der Waals surface area contributed by atoms with Gasteiger partial charge in [0, 0.05) is 11.4 Å². The number of halogens is 3.